The van der Waals surface area contributed by atoms with Crippen LogP contribution < -0.4 is 9.64 Å². The number of carbonyl (C=O) groups is 1. The van der Waals surface area contributed by atoms with Gasteiger partial charge < -0.3 is 14.5 Å². The summed E-state index contributed by atoms with van der Waals surface area (Å²) in [5, 5.41) is 11.2. The highest BCUT2D eigenvalue weighted by Crippen LogP contribution is 2.29. The summed E-state index contributed by atoms with van der Waals surface area (Å²) < 4.78 is 5.48. The number of hydrogen-bond acceptors (Lipinski definition) is 5. The predicted octanol–water partition coefficient (Wildman–Crippen LogP) is 4.49. The molecule has 0 N–H and O–H groups in total. The monoisotopic (exact) mass is 443 g/mol. The van der Waals surface area contributed by atoms with Crippen molar-refractivity contribution in [3.05, 3.63) is 100 Å². The first kappa shape index (κ1) is 22.1. The first-order valence-corrected chi connectivity index (χ1v) is 10.8. The lowest BCUT2D eigenvalue weighted by Gasteiger charge is -2.37. The highest BCUT2D eigenvalue weighted by molar-refractivity contribution is 6.24. The van der Waals surface area contributed by atoms with Gasteiger partial charge in [0.1, 0.15) is 5.75 Å². The summed E-state index contributed by atoms with van der Waals surface area (Å²) in [7, 11) is 1.66. The minimum atomic E-state index is -0.432. The van der Waals surface area contributed by atoms with E-state index in [1.54, 1.807) is 25.3 Å². The van der Waals surface area contributed by atoms with Crippen LogP contribution in [0, 0.1) is 10.1 Å². The van der Waals surface area contributed by atoms with Gasteiger partial charge in [-0.1, -0.05) is 54.6 Å². The number of ether oxygens (including phenoxy) is 1. The summed E-state index contributed by atoms with van der Waals surface area (Å²) in [5.41, 5.74) is 2.92. The summed E-state index contributed by atoms with van der Waals surface area (Å²) in [6.45, 7) is 2.50. The molecule has 7 nitrogen and oxygen atoms in total. The molecule has 3 aromatic rings. The van der Waals surface area contributed by atoms with Crippen molar-refractivity contribution in [1.82, 2.24) is 4.90 Å². The molecule has 0 spiro atoms. The summed E-state index contributed by atoms with van der Waals surface area (Å²) in [6, 6.07) is 23.6. The van der Waals surface area contributed by atoms with Crippen molar-refractivity contribution in [2.75, 3.05) is 38.2 Å². The summed E-state index contributed by atoms with van der Waals surface area (Å²) >= 11 is 0. The van der Waals surface area contributed by atoms with E-state index in [4.69, 9.17) is 4.74 Å². The lowest BCUT2D eigenvalue weighted by Crippen LogP contribution is -2.49. The number of hydrogen-bond donors (Lipinski definition) is 0. The molecule has 168 valence electrons. The Bertz CT molecular complexity index is 1170. The SMILES string of the molecule is COc1ccccc1N1CCN(C(=O)/C(=C/c2cccc([N+](=O)[O-])c2)c2ccccc2)CC1. The predicted molar refractivity (Wildman–Crippen MR) is 129 cm³/mol. The number of nitro groups is 1. The van der Waals surface area contributed by atoms with Crippen LogP contribution in [0.1, 0.15) is 11.1 Å². The van der Waals surface area contributed by atoms with Crippen molar-refractivity contribution in [2.45, 2.75) is 0 Å². The molecule has 0 aromatic heterocycles. The van der Waals surface area contributed by atoms with Gasteiger partial charge in [0.2, 0.25) is 0 Å². The molecular weight excluding hydrogens is 418 g/mol. The summed E-state index contributed by atoms with van der Waals surface area (Å²) in [4.78, 5) is 28.4. The fourth-order valence-corrected chi connectivity index (χ4v) is 3.99. The molecule has 1 amide bonds. The van der Waals surface area contributed by atoms with E-state index in [2.05, 4.69) is 4.90 Å². The minimum absolute atomic E-state index is 0.00552. The Hall–Kier alpha value is -4.13. The van der Waals surface area contributed by atoms with Crippen molar-refractivity contribution < 1.29 is 14.5 Å². The standard InChI is InChI=1S/C26H25N3O4/c1-33-25-13-6-5-12-24(25)27-14-16-28(17-15-27)26(30)23(21-9-3-2-4-10-21)19-20-8-7-11-22(18-20)29(31)32/h2-13,18-19H,14-17H2,1H3/b23-19+. The third kappa shape index (κ3) is 5.03. The number of rotatable bonds is 6. The number of anilines is 1. The van der Waals surface area contributed by atoms with Crippen molar-refractivity contribution in [3.63, 3.8) is 0 Å². The smallest absolute Gasteiger partial charge is 0.270 e. The van der Waals surface area contributed by atoms with E-state index >= 15 is 0 Å². The van der Waals surface area contributed by atoms with E-state index in [-0.39, 0.29) is 11.6 Å². The minimum Gasteiger partial charge on any atom is -0.495 e. The Morgan fingerprint density at radius 3 is 2.33 bits per heavy atom. The molecule has 0 unspecified atom stereocenters. The van der Waals surface area contributed by atoms with E-state index in [1.165, 1.54) is 12.1 Å². The Labute approximate surface area is 192 Å². The van der Waals surface area contributed by atoms with Crippen molar-refractivity contribution >= 4 is 28.9 Å². The number of piperazine rings is 1. The van der Waals surface area contributed by atoms with Crippen molar-refractivity contribution in [3.8, 4) is 5.75 Å². The average molecular weight is 444 g/mol. The van der Waals surface area contributed by atoms with Crippen LogP contribution in [0.2, 0.25) is 0 Å². The molecule has 1 saturated heterocycles. The number of methoxy groups -OCH3 is 1. The van der Waals surface area contributed by atoms with Crippen LogP contribution >= 0.6 is 0 Å². The molecular formula is C26H25N3O4. The Morgan fingerprint density at radius 1 is 0.939 bits per heavy atom. The van der Waals surface area contributed by atoms with Crippen LogP contribution in [0.25, 0.3) is 11.6 Å². The molecule has 0 aliphatic carbocycles. The number of para-hydroxylation sites is 2. The van der Waals surface area contributed by atoms with Gasteiger partial charge in [0, 0.05) is 43.9 Å². The third-order valence-electron chi connectivity index (χ3n) is 5.70. The first-order valence-electron chi connectivity index (χ1n) is 10.8. The van der Waals surface area contributed by atoms with Gasteiger partial charge in [-0.3, -0.25) is 14.9 Å². The largest absolute Gasteiger partial charge is 0.495 e. The lowest BCUT2D eigenvalue weighted by atomic mass is 10.0. The Kier molecular flexibility index (Phi) is 6.69. The fraction of sp³-hybridized carbons (Fsp3) is 0.192. The second-order valence-electron chi connectivity index (χ2n) is 7.73. The molecule has 33 heavy (non-hydrogen) atoms. The van der Waals surface area contributed by atoms with E-state index in [9.17, 15) is 14.9 Å². The average Bonchev–Trinajstić information content (AvgIpc) is 2.87. The quantitative estimate of drug-likeness (QED) is 0.243. The van der Waals surface area contributed by atoms with E-state index in [1.807, 2.05) is 59.5 Å². The van der Waals surface area contributed by atoms with Crippen LogP contribution in [-0.2, 0) is 4.79 Å². The number of carbonyl (C=O) groups excluding carboxylic acids is 1. The lowest BCUT2D eigenvalue weighted by molar-refractivity contribution is -0.384. The molecule has 4 rings (SSSR count). The summed E-state index contributed by atoms with van der Waals surface area (Å²) in [6.07, 6.45) is 1.73. The van der Waals surface area contributed by atoms with Gasteiger partial charge in [0.05, 0.1) is 17.7 Å². The number of benzene rings is 3. The maximum atomic E-state index is 13.6. The molecule has 7 heteroatoms. The van der Waals surface area contributed by atoms with E-state index in [0.717, 1.165) is 17.0 Å². The highest BCUT2D eigenvalue weighted by Gasteiger charge is 2.25. The van der Waals surface area contributed by atoms with Crippen LogP contribution in [0.5, 0.6) is 5.75 Å². The molecule has 0 radical (unpaired) electrons. The number of nitrogens with zero attached hydrogens (tertiary/aromatic N) is 3. The zero-order valence-electron chi connectivity index (χ0n) is 18.4. The zero-order valence-corrected chi connectivity index (χ0v) is 18.4. The fourth-order valence-electron chi connectivity index (χ4n) is 3.99. The van der Waals surface area contributed by atoms with Gasteiger partial charge in [-0.15, -0.1) is 0 Å². The van der Waals surface area contributed by atoms with Crippen LogP contribution in [0.3, 0.4) is 0 Å². The number of non-ortho nitro benzene ring substituents is 1. The normalized spacial score (nSPS) is 14.2. The van der Waals surface area contributed by atoms with Crippen molar-refractivity contribution in [2.24, 2.45) is 0 Å². The zero-order chi connectivity index (χ0) is 23.2. The van der Waals surface area contributed by atoms with Gasteiger partial charge in [-0.25, -0.2) is 0 Å². The van der Waals surface area contributed by atoms with E-state index < -0.39 is 4.92 Å². The van der Waals surface area contributed by atoms with Crippen LogP contribution in [-0.4, -0.2) is 49.0 Å². The van der Waals surface area contributed by atoms with Gasteiger partial charge in [0.25, 0.3) is 11.6 Å². The molecule has 1 fully saturated rings. The first-order chi connectivity index (χ1) is 16.1. The third-order valence-corrected chi connectivity index (χ3v) is 5.70. The van der Waals surface area contributed by atoms with Gasteiger partial charge >= 0.3 is 0 Å². The van der Waals surface area contributed by atoms with Crippen LogP contribution in [0.4, 0.5) is 11.4 Å². The molecule has 1 heterocycles. The molecule has 0 bridgehead atoms. The molecule has 1 aliphatic heterocycles. The molecule has 0 saturated carbocycles. The second-order valence-corrected chi connectivity index (χ2v) is 7.73. The van der Waals surface area contributed by atoms with Crippen molar-refractivity contribution in [1.29, 1.82) is 0 Å². The van der Waals surface area contributed by atoms with Gasteiger partial charge in [0.15, 0.2) is 0 Å². The highest BCUT2D eigenvalue weighted by atomic mass is 16.6. The van der Waals surface area contributed by atoms with Gasteiger partial charge in [-0.2, -0.15) is 0 Å². The molecule has 0 atom stereocenters. The molecule has 1 aliphatic rings. The molecule has 3 aromatic carbocycles. The number of amides is 1. The van der Waals surface area contributed by atoms with Crippen LogP contribution in [0.15, 0.2) is 78.9 Å². The number of nitro benzene ring substituents is 1. The topological polar surface area (TPSA) is 75.9 Å². The summed E-state index contributed by atoms with van der Waals surface area (Å²) in [5.74, 6) is 0.722. The maximum Gasteiger partial charge on any atom is 0.270 e. The Balaban J connectivity index is 1.58. The second kappa shape index (κ2) is 9.99. The Morgan fingerprint density at radius 2 is 1.64 bits per heavy atom. The van der Waals surface area contributed by atoms with Gasteiger partial charge in [-0.05, 0) is 29.3 Å². The van der Waals surface area contributed by atoms with E-state index in [0.29, 0.717) is 37.3 Å². The maximum absolute atomic E-state index is 13.6.